The average Bonchev–Trinajstić information content (AvgIpc) is 3.42. The first-order valence-corrected chi connectivity index (χ1v) is 15.4. The molecule has 9 heteroatoms. The molecule has 3 heterocycles. The molecule has 1 aromatic carbocycles. The van der Waals surface area contributed by atoms with E-state index >= 15 is 0 Å². The molecule has 1 atom stereocenters. The molecule has 0 radical (unpaired) electrons. The summed E-state index contributed by atoms with van der Waals surface area (Å²) >= 11 is 0. The van der Waals surface area contributed by atoms with Crippen LogP contribution in [0.1, 0.15) is 58.7 Å². The number of aromatic nitrogens is 4. The van der Waals surface area contributed by atoms with Gasteiger partial charge in [-0.2, -0.15) is 10.4 Å². The van der Waals surface area contributed by atoms with Crippen LogP contribution < -0.4 is 10.6 Å². The van der Waals surface area contributed by atoms with Gasteiger partial charge in [-0.3, -0.25) is 0 Å². The van der Waals surface area contributed by atoms with E-state index in [4.69, 9.17) is 9.41 Å². The number of nitrogens with zero attached hydrogens (tertiary/aromatic N) is 5. The normalized spacial score (nSPS) is 17.6. The van der Waals surface area contributed by atoms with Crippen LogP contribution in [0.3, 0.4) is 0 Å². The standard InChI is InChI=1S/C27H37N7OSi/c1-18(2)34-23(10-12-31-34)33-25-29-11-9-22(32-25)19-13-20(15-28)24-21(14-19)27(6,16-30-24)17-35-36(7,8)26(3,4)5/h9-14,18,30H,16-17H2,1-8H3,(H,29,32,33). The molecule has 8 nitrogen and oxygen atoms in total. The Morgan fingerprint density at radius 1 is 1.25 bits per heavy atom. The third kappa shape index (κ3) is 4.88. The molecule has 0 saturated heterocycles. The number of nitriles is 1. The van der Waals surface area contributed by atoms with Gasteiger partial charge in [0, 0.05) is 42.4 Å². The van der Waals surface area contributed by atoms with Crippen LogP contribution in [0.4, 0.5) is 17.5 Å². The summed E-state index contributed by atoms with van der Waals surface area (Å²) in [5, 5.41) is 21.2. The van der Waals surface area contributed by atoms with Crippen LogP contribution in [-0.4, -0.2) is 41.2 Å². The van der Waals surface area contributed by atoms with Crippen LogP contribution in [0.2, 0.25) is 18.1 Å². The van der Waals surface area contributed by atoms with Gasteiger partial charge in [-0.15, -0.1) is 0 Å². The minimum atomic E-state index is -1.92. The van der Waals surface area contributed by atoms with Gasteiger partial charge in [0.15, 0.2) is 8.32 Å². The second kappa shape index (κ2) is 9.34. The largest absolute Gasteiger partial charge is 0.416 e. The average molecular weight is 504 g/mol. The number of anilines is 3. The summed E-state index contributed by atoms with van der Waals surface area (Å²) < 4.78 is 8.52. The summed E-state index contributed by atoms with van der Waals surface area (Å²) in [6, 6.07) is 10.4. The molecule has 0 aliphatic carbocycles. The minimum Gasteiger partial charge on any atom is -0.416 e. The van der Waals surface area contributed by atoms with E-state index in [1.165, 1.54) is 0 Å². The quantitative estimate of drug-likeness (QED) is 0.368. The molecular weight excluding hydrogens is 466 g/mol. The summed E-state index contributed by atoms with van der Waals surface area (Å²) in [7, 11) is -1.92. The van der Waals surface area contributed by atoms with Crippen molar-refractivity contribution < 1.29 is 4.43 Å². The first kappa shape index (κ1) is 25.9. The summed E-state index contributed by atoms with van der Waals surface area (Å²) in [4.78, 5) is 9.17. The molecule has 2 N–H and O–H groups in total. The monoisotopic (exact) mass is 503 g/mol. The predicted octanol–water partition coefficient (Wildman–Crippen LogP) is 6.24. The number of benzene rings is 1. The fourth-order valence-electron chi connectivity index (χ4n) is 4.13. The zero-order chi connectivity index (χ0) is 26.3. The van der Waals surface area contributed by atoms with Crippen LogP contribution in [0.25, 0.3) is 11.3 Å². The van der Waals surface area contributed by atoms with Crippen molar-refractivity contribution in [2.45, 2.75) is 71.1 Å². The second-order valence-corrected chi connectivity index (χ2v) is 16.5. The van der Waals surface area contributed by atoms with E-state index < -0.39 is 8.32 Å². The molecule has 1 unspecified atom stereocenters. The molecule has 0 fully saturated rings. The summed E-state index contributed by atoms with van der Waals surface area (Å²) in [5.74, 6) is 1.31. The van der Waals surface area contributed by atoms with E-state index in [0.29, 0.717) is 18.1 Å². The zero-order valence-electron chi connectivity index (χ0n) is 22.6. The maximum absolute atomic E-state index is 9.95. The fourth-order valence-corrected chi connectivity index (χ4v) is 5.24. The Hall–Kier alpha value is -3.22. The van der Waals surface area contributed by atoms with Crippen LogP contribution in [0, 0.1) is 11.3 Å². The minimum absolute atomic E-state index is 0.132. The van der Waals surface area contributed by atoms with Crippen molar-refractivity contribution in [2.75, 3.05) is 23.8 Å². The highest BCUT2D eigenvalue weighted by Crippen LogP contribution is 2.44. The third-order valence-corrected chi connectivity index (χ3v) is 12.0. The number of hydrogen-bond donors (Lipinski definition) is 2. The van der Waals surface area contributed by atoms with Crippen molar-refractivity contribution in [3.05, 3.63) is 47.8 Å². The van der Waals surface area contributed by atoms with Gasteiger partial charge in [-0.05, 0) is 55.7 Å². The van der Waals surface area contributed by atoms with E-state index in [9.17, 15) is 5.26 Å². The fraction of sp³-hybridized carbons (Fsp3) is 0.481. The zero-order valence-corrected chi connectivity index (χ0v) is 23.6. The van der Waals surface area contributed by atoms with E-state index in [-0.39, 0.29) is 16.5 Å². The Bertz CT molecular complexity index is 1300. The van der Waals surface area contributed by atoms with Crippen molar-refractivity contribution in [1.29, 1.82) is 5.26 Å². The Morgan fingerprint density at radius 2 is 2.00 bits per heavy atom. The highest BCUT2D eigenvalue weighted by atomic mass is 28.4. The van der Waals surface area contributed by atoms with Crippen LogP contribution in [0.15, 0.2) is 36.7 Å². The molecule has 190 valence electrons. The molecule has 0 spiro atoms. The SMILES string of the molecule is CC(C)n1nccc1Nc1nccc(-c2cc(C#N)c3c(c2)C(C)(CO[Si](C)(C)C(C)(C)C)CN3)n1. The number of fused-ring (bicyclic) bond motifs is 1. The van der Waals surface area contributed by atoms with Gasteiger partial charge in [0.2, 0.25) is 5.95 Å². The predicted molar refractivity (Wildman–Crippen MR) is 147 cm³/mol. The Morgan fingerprint density at radius 3 is 2.67 bits per heavy atom. The first-order chi connectivity index (χ1) is 16.8. The highest BCUT2D eigenvalue weighted by Gasteiger charge is 2.42. The smallest absolute Gasteiger partial charge is 0.228 e. The van der Waals surface area contributed by atoms with Gasteiger partial charge in [-0.1, -0.05) is 27.7 Å². The second-order valence-electron chi connectivity index (χ2n) is 11.7. The molecular formula is C27H37N7OSi. The lowest BCUT2D eigenvalue weighted by molar-refractivity contribution is 0.220. The Balaban J connectivity index is 1.67. The molecule has 0 bridgehead atoms. The number of rotatable bonds is 7. The molecule has 4 rings (SSSR count). The molecule has 3 aromatic rings. The summed E-state index contributed by atoms with van der Waals surface area (Å²) in [5.41, 5.74) is 4.00. The third-order valence-electron chi connectivity index (χ3n) is 7.47. The maximum Gasteiger partial charge on any atom is 0.228 e. The molecule has 1 aliphatic heterocycles. The molecule has 0 amide bonds. The molecule has 0 saturated carbocycles. The number of nitrogens with one attached hydrogen (secondary N) is 2. The lowest BCUT2D eigenvalue weighted by atomic mass is 9.83. The van der Waals surface area contributed by atoms with E-state index in [2.05, 4.69) is 87.5 Å². The molecule has 2 aromatic heterocycles. The lowest BCUT2D eigenvalue weighted by Crippen LogP contribution is -2.45. The van der Waals surface area contributed by atoms with Gasteiger partial charge in [0.25, 0.3) is 0 Å². The Labute approximate surface area is 215 Å². The van der Waals surface area contributed by atoms with Crippen LogP contribution >= 0.6 is 0 Å². The first-order valence-electron chi connectivity index (χ1n) is 12.4. The van der Waals surface area contributed by atoms with Gasteiger partial charge in [0.05, 0.1) is 23.1 Å². The highest BCUT2D eigenvalue weighted by molar-refractivity contribution is 6.74. The number of hydrogen-bond acceptors (Lipinski definition) is 7. The summed E-state index contributed by atoms with van der Waals surface area (Å²) in [6.45, 7) is 19.0. The molecule has 1 aliphatic rings. The van der Waals surface area contributed by atoms with Gasteiger partial charge in [-0.25, -0.2) is 14.6 Å². The van der Waals surface area contributed by atoms with Crippen molar-refractivity contribution in [3.63, 3.8) is 0 Å². The van der Waals surface area contributed by atoms with Gasteiger partial charge >= 0.3 is 0 Å². The van der Waals surface area contributed by atoms with Gasteiger partial charge < -0.3 is 15.1 Å². The Kier molecular flexibility index (Phi) is 6.71. The lowest BCUT2D eigenvalue weighted by Gasteiger charge is -2.39. The van der Waals surface area contributed by atoms with Crippen molar-refractivity contribution in [2.24, 2.45) is 0 Å². The maximum atomic E-state index is 9.95. The van der Waals surface area contributed by atoms with Gasteiger partial charge in [0.1, 0.15) is 11.9 Å². The van der Waals surface area contributed by atoms with Crippen LogP contribution in [-0.2, 0) is 9.84 Å². The van der Waals surface area contributed by atoms with Crippen molar-refractivity contribution >= 4 is 25.8 Å². The van der Waals surface area contributed by atoms with Crippen molar-refractivity contribution in [3.8, 4) is 17.3 Å². The van der Waals surface area contributed by atoms with E-state index in [1.807, 2.05) is 22.9 Å². The van der Waals surface area contributed by atoms with Crippen LogP contribution in [0.5, 0.6) is 0 Å². The van der Waals surface area contributed by atoms with Crippen molar-refractivity contribution in [1.82, 2.24) is 19.7 Å². The summed E-state index contributed by atoms with van der Waals surface area (Å²) in [6.07, 6.45) is 3.49. The topological polar surface area (TPSA) is 101 Å². The van der Waals surface area contributed by atoms with E-state index in [0.717, 1.165) is 34.9 Å². The van der Waals surface area contributed by atoms with E-state index in [1.54, 1.807) is 12.4 Å². The molecule has 36 heavy (non-hydrogen) atoms.